The summed E-state index contributed by atoms with van der Waals surface area (Å²) in [6, 6.07) is 18.5. The van der Waals surface area contributed by atoms with E-state index in [2.05, 4.69) is 10.6 Å². The minimum absolute atomic E-state index is 0.221. The van der Waals surface area contributed by atoms with Crippen LogP contribution in [-0.2, 0) is 14.3 Å². The van der Waals surface area contributed by atoms with Crippen LogP contribution in [0.2, 0.25) is 5.02 Å². The first-order valence-corrected chi connectivity index (χ1v) is 12.8. The maximum Gasteiger partial charge on any atom is 0.343 e. The molecule has 3 aromatic carbocycles. The Morgan fingerprint density at radius 3 is 2.36 bits per heavy atom. The number of benzene rings is 3. The lowest BCUT2D eigenvalue weighted by Crippen LogP contribution is -2.39. The van der Waals surface area contributed by atoms with Crippen molar-refractivity contribution in [3.8, 4) is 11.5 Å². The highest BCUT2D eigenvalue weighted by Gasteiger charge is 2.44. The average Bonchev–Trinajstić information content (AvgIpc) is 3.10. The molecule has 0 aromatic heterocycles. The van der Waals surface area contributed by atoms with Gasteiger partial charge in [0.2, 0.25) is 0 Å². The Labute approximate surface area is 230 Å². The Morgan fingerprint density at radius 1 is 0.949 bits per heavy atom. The average molecular weight is 547 g/mol. The second-order valence-electron chi connectivity index (χ2n) is 9.49. The molecule has 1 heterocycles. The highest BCUT2D eigenvalue weighted by Crippen LogP contribution is 2.45. The summed E-state index contributed by atoms with van der Waals surface area (Å²) in [4.78, 5) is 39.2. The van der Waals surface area contributed by atoms with Crippen LogP contribution in [0.5, 0.6) is 11.5 Å². The van der Waals surface area contributed by atoms with Gasteiger partial charge in [0.25, 0.3) is 0 Å². The molecule has 5 rings (SSSR count). The van der Waals surface area contributed by atoms with Gasteiger partial charge >= 0.3 is 11.9 Å². The van der Waals surface area contributed by atoms with Gasteiger partial charge in [-0.25, -0.2) is 4.79 Å². The number of esters is 2. The minimum Gasteiger partial charge on any atom is -0.493 e. The molecule has 0 saturated heterocycles. The molecule has 0 radical (unpaired) electrons. The fourth-order valence-electron chi connectivity index (χ4n) is 5.08. The van der Waals surface area contributed by atoms with Crippen molar-refractivity contribution in [3.05, 3.63) is 94.1 Å². The van der Waals surface area contributed by atoms with Crippen molar-refractivity contribution in [1.29, 1.82) is 0 Å². The Morgan fingerprint density at radius 2 is 1.67 bits per heavy atom. The third-order valence-corrected chi connectivity index (χ3v) is 7.28. The van der Waals surface area contributed by atoms with E-state index >= 15 is 0 Å². The number of Topliss-reactive ketones (excluding diaryl/α,β-unsaturated/α-hetero) is 1. The molecule has 200 valence electrons. The van der Waals surface area contributed by atoms with Crippen LogP contribution in [0.4, 0.5) is 11.4 Å². The maximum atomic E-state index is 13.9. The van der Waals surface area contributed by atoms with Crippen molar-refractivity contribution in [2.75, 3.05) is 24.9 Å². The summed E-state index contributed by atoms with van der Waals surface area (Å²) < 4.78 is 16.2. The van der Waals surface area contributed by atoms with E-state index in [0.717, 1.165) is 17.1 Å². The fraction of sp³-hybridized carbons (Fsp3) is 0.233. The molecule has 3 aromatic rings. The summed E-state index contributed by atoms with van der Waals surface area (Å²) in [7, 11) is 2.76. The first-order chi connectivity index (χ1) is 18.8. The van der Waals surface area contributed by atoms with E-state index < -0.39 is 23.9 Å². The third kappa shape index (κ3) is 5.07. The Hall–Kier alpha value is -4.30. The van der Waals surface area contributed by atoms with E-state index in [1.807, 2.05) is 31.2 Å². The lowest BCUT2D eigenvalue weighted by molar-refractivity contribution is -0.151. The van der Waals surface area contributed by atoms with Gasteiger partial charge in [0.1, 0.15) is 5.92 Å². The largest absolute Gasteiger partial charge is 0.493 e. The van der Waals surface area contributed by atoms with Gasteiger partial charge in [0, 0.05) is 16.3 Å². The van der Waals surface area contributed by atoms with Gasteiger partial charge in [-0.1, -0.05) is 36.7 Å². The Kier molecular flexibility index (Phi) is 7.30. The van der Waals surface area contributed by atoms with E-state index in [1.165, 1.54) is 14.2 Å². The maximum absolute atomic E-state index is 13.9. The van der Waals surface area contributed by atoms with Gasteiger partial charge in [0.05, 0.1) is 37.2 Å². The van der Waals surface area contributed by atoms with E-state index in [9.17, 15) is 14.4 Å². The molecule has 0 bridgehead atoms. The fourth-order valence-corrected chi connectivity index (χ4v) is 5.20. The van der Waals surface area contributed by atoms with Gasteiger partial charge in [0.15, 0.2) is 17.3 Å². The zero-order valence-electron chi connectivity index (χ0n) is 21.6. The van der Waals surface area contributed by atoms with Gasteiger partial charge in [-0.05, 0) is 66.4 Å². The number of hydrogen-bond acceptors (Lipinski definition) is 8. The van der Waals surface area contributed by atoms with Crippen molar-refractivity contribution >= 4 is 40.7 Å². The standard InChI is InChI=1S/C30H27ClN2O6/c1-16-14-22-26(28(34)25(16)30(36)38-3)27(33-21-7-5-4-6-20(21)32-22)18-10-13-23(24(15-18)37-2)39-29(35)17-8-11-19(31)12-9-17/h4-13,15-16,25,27,32-33H,14H2,1-3H3/t16-,25-,27-/m0/s1. The number of ketones is 1. The number of allylic oxidation sites excluding steroid dienone is 1. The number of para-hydroxylation sites is 2. The first-order valence-electron chi connectivity index (χ1n) is 12.4. The number of fused-ring (bicyclic) bond motifs is 1. The predicted octanol–water partition coefficient (Wildman–Crippen LogP) is 5.80. The Balaban J connectivity index is 1.55. The highest BCUT2D eigenvalue weighted by molar-refractivity contribution is 6.30. The summed E-state index contributed by atoms with van der Waals surface area (Å²) in [6.07, 6.45) is 0.487. The molecule has 0 fully saturated rings. The zero-order valence-corrected chi connectivity index (χ0v) is 22.4. The van der Waals surface area contributed by atoms with E-state index in [0.29, 0.717) is 33.9 Å². The summed E-state index contributed by atoms with van der Waals surface area (Å²) in [5.41, 5.74) is 3.84. The van der Waals surface area contributed by atoms with Crippen molar-refractivity contribution in [3.63, 3.8) is 0 Å². The second-order valence-corrected chi connectivity index (χ2v) is 9.93. The number of nitrogens with one attached hydrogen (secondary N) is 2. The molecule has 2 aliphatic rings. The molecule has 39 heavy (non-hydrogen) atoms. The summed E-state index contributed by atoms with van der Waals surface area (Å²) in [6.45, 7) is 1.87. The summed E-state index contributed by atoms with van der Waals surface area (Å²) >= 11 is 5.92. The quantitative estimate of drug-likeness (QED) is 0.235. The van der Waals surface area contributed by atoms with Gasteiger partial charge in [-0.3, -0.25) is 9.59 Å². The smallest absolute Gasteiger partial charge is 0.343 e. The monoisotopic (exact) mass is 546 g/mol. The number of methoxy groups -OCH3 is 2. The van der Waals surface area contributed by atoms with Crippen molar-refractivity contribution in [2.24, 2.45) is 11.8 Å². The number of anilines is 2. The lowest BCUT2D eigenvalue weighted by atomic mass is 9.75. The number of hydrogen-bond donors (Lipinski definition) is 2. The highest BCUT2D eigenvalue weighted by atomic mass is 35.5. The van der Waals surface area contributed by atoms with Crippen LogP contribution in [0, 0.1) is 11.8 Å². The molecule has 9 heteroatoms. The SMILES string of the molecule is COC(=O)[C@@H]1C(=O)C2=C(C[C@@H]1C)Nc1ccccc1N[C@H]2c1ccc(OC(=O)c2ccc(Cl)cc2)c(OC)c1. The molecule has 0 amide bonds. The van der Waals surface area contributed by atoms with E-state index in [4.69, 9.17) is 25.8 Å². The molecular formula is C30H27ClN2O6. The van der Waals surface area contributed by atoms with Crippen LogP contribution in [0.25, 0.3) is 0 Å². The van der Waals surface area contributed by atoms with Crippen LogP contribution in [0.15, 0.2) is 78.0 Å². The van der Waals surface area contributed by atoms with Gasteiger partial charge in [-0.2, -0.15) is 0 Å². The normalized spacial score (nSPS) is 20.0. The van der Waals surface area contributed by atoms with E-state index in [-0.39, 0.29) is 17.5 Å². The Bertz CT molecular complexity index is 1480. The number of ether oxygens (including phenoxy) is 3. The predicted molar refractivity (Wildman–Crippen MR) is 147 cm³/mol. The van der Waals surface area contributed by atoms with Crippen LogP contribution in [0.1, 0.15) is 35.3 Å². The van der Waals surface area contributed by atoms with Crippen LogP contribution in [0.3, 0.4) is 0 Å². The van der Waals surface area contributed by atoms with Crippen LogP contribution < -0.4 is 20.1 Å². The molecule has 1 aliphatic carbocycles. The van der Waals surface area contributed by atoms with Crippen molar-refractivity contribution in [1.82, 2.24) is 0 Å². The molecule has 0 spiro atoms. The van der Waals surface area contributed by atoms with Crippen molar-refractivity contribution < 1.29 is 28.6 Å². The lowest BCUT2D eigenvalue weighted by Gasteiger charge is -2.32. The summed E-state index contributed by atoms with van der Waals surface area (Å²) in [5, 5.41) is 7.40. The minimum atomic E-state index is -0.914. The molecule has 0 saturated carbocycles. The molecule has 2 N–H and O–H groups in total. The topological polar surface area (TPSA) is 103 Å². The molecule has 3 atom stereocenters. The van der Waals surface area contributed by atoms with E-state index in [1.54, 1.807) is 42.5 Å². The first kappa shape index (κ1) is 26.3. The number of halogens is 1. The number of carbonyl (C=O) groups excluding carboxylic acids is 3. The van der Waals surface area contributed by atoms with Crippen LogP contribution in [-0.4, -0.2) is 31.9 Å². The molecule has 1 aliphatic heterocycles. The van der Waals surface area contributed by atoms with Crippen LogP contribution >= 0.6 is 11.6 Å². The summed E-state index contributed by atoms with van der Waals surface area (Å²) in [5.74, 6) is -2.05. The van der Waals surface area contributed by atoms with Gasteiger partial charge in [-0.15, -0.1) is 0 Å². The van der Waals surface area contributed by atoms with Gasteiger partial charge < -0.3 is 24.8 Å². The number of carbonyl (C=O) groups is 3. The number of rotatable bonds is 5. The van der Waals surface area contributed by atoms with Crippen molar-refractivity contribution in [2.45, 2.75) is 19.4 Å². The molecule has 8 nitrogen and oxygen atoms in total. The zero-order chi connectivity index (χ0) is 27.7. The molecule has 0 unspecified atom stereocenters. The molecular weight excluding hydrogens is 520 g/mol. The second kappa shape index (κ2) is 10.8. The third-order valence-electron chi connectivity index (χ3n) is 7.03.